The van der Waals surface area contributed by atoms with E-state index in [0.29, 0.717) is 11.4 Å². The lowest BCUT2D eigenvalue weighted by atomic mass is 10.1. The van der Waals surface area contributed by atoms with Gasteiger partial charge in [0, 0.05) is 12.1 Å². The third-order valence-electron chi connectivity index (χ3n) is 2.68. The molecule has 0 saturated carbocycles. The van der Waals surface area contributed by atoms with Crippen LogP contribution in [0, 0.1) is 0 Å². The van der Waals surface area contributed by atoms with Crippen molar-refractivity contribution in [2.75, 3.05) is 7.05 Å². The molecule has 1 rings (SSSR count). The second kappa shape index (κ2) is 6.03. The molecular weight excluding hydrogens is 260 g/mol. The molecule has 0 aromatic heterocycles. The van der Waals surface area contributed by atoms with Gasteiger partial charge in [0.25, 0.3) is 0 Å². The van der Waals surface area contributed by atoms with Gasteiger partial charge in [-0.05, 0) is 57.5 Å². The van der Waals surface area contributed by atoms with Crippen molar-refractivity contribution < 1.29 is 8.42 Å². The molecule has 0 spiro atoms. The lowest BCUT2D eigenvalue weighted by Gasteiger charge is -2.21. The van der Waals surface area contributed by atoms with Crippen molar-refractivity contribution in [3.8, 4) is 0 Å². The second-order valence-corrected chi connectivity index (χ2v) is 7.35. The summed E-state index contributed by atoms with van der Waals surface area (Å²) in [4.78, 5) is 0.324. The Morgan fingerprint density at radius 2 is 1.79 bits per heavy atom. The topological polar surface area (TPSA) is 58.2 Å². The third-order valence-corrected chi connectivity index (χ3v) is 4.43. The quantitative estimate of drug-likeness (QED) is 0.870. The van der Waals surface area contributed by atoms with Crippen molar-refractivity contribution in [2.45, 2.75) is 51.1 Å². The summed E-state index contributed by atoms with van der Waals surface area (Å²) in [7, 11) is -1.61. The Morgan fingerprint density at radius 1 is 1.16 bits per heavy atom. The Hall–Kier alpha value is -0.910. The highest BCUT2D eigenvalue weighted by Gasteiger charge is 2.22. The van der Waals surface area contributed by atoms with Gasteiger partial charge in [-0.2, -0.15) is 0 Å². The van der Waals surface area contributed by atoms with E-state index in [-0.39, 0.29) is 0 Å². The predicted octanol–water partition coefficient (Wildman–Crippen LogP) is 2.05. The van der Waals surface area contributed by atoms with E-state index < -0.39 is 15.6 Å². The SMILES string of the molecule is CCc1ccc(S(=O)(=O)NC(C)(C)C)cc1CNC. The lowest BCUT2D eigenvalue weighted by molar-refractivity contribution is 0.491. The van der Waals surface area contributed by atoms with Gasteiger partial charge < -0.3 is 5.32 Å². The zero-order chi connectivity index (χ0) is 14.7. The highest BCUT2D eigenvalue weighted by atomic mass is 32.2. The molecule has 0 atom stereocenters. The summed E-state index contributed by atoms with van der Waals surface area (Å²) in [5.74, 6) is 0. The van der Waals surface area contributed by atoms with Gasteiger partial charge in [0.1, 0.15) is 0 Å². The van der Waals surface area contributed by atoms with E-state index in [2.05, 4.69) is 17.0 Å². The van der Waals surface area contributed by atoms with Crippen LogP contribution in [0.1, 0.15) is 38.8 Å². The Labute approximate surface area is 116 Å². The zero-order valence-electron chi connectivity index (χ0n) is 12.4. The molecule has 108 valence electrons. The van der Waals surface area contributed by atoms with Crippen LogP contribution in [0.5, 0.6) is 0 Å². The second-order valence-electron chi connectivity index (χ2n) is 5.67. The van der Waals surface area contributed by atoms with Crippen LogP contribution in [-0.4, -0.2) is 21.0 Å². The maximum absolute atomic E-state index is 12.3. The number of rotatable bonds is 5. The first-order valence-corrected chi connectivity index (χ1v) is 7.98. The Kier molecular flexibility index (Phi) is 5.12. The molecule has 0 bridgehead atoms. The highest BCUT2D eigenvalue weighted by molar-refractivity contribution is 7.89. The van der Waals surface area contributed by atoms with Crippen LogP contribution in [-0.2, 0) is 23.0 Å². The summed E-state index contributed by atoms with van der Waals surface area (Å²) >= 11 is 0. The van der Waals surface area contributed by atoms with E-state index >= 15 is 0 Å². The normalized spacial score (nSPS) is 12.7. The van der Waals surface area contributed by atoms with Crippen molar-refractivity contribution in [2.24, 2.45) is 0 Å². The van der Waals surface area contributed by atoms with Crippen molar-refractivity contribution >= 4 is 10.0 Å². The predicted molar refractivity (Wildman–Crippen MR) is 78.7 cm³/mol. The largest absolute Gasteiger partial charge is 0.316 e. The van der Waals surface area contributed by atoms with Gasteiger partial charge in [-0.15, -0.1) is 0 Å². The van der Waals surface area contributed by atoms with Gasteiger partial charge >= 0.3 is 0 Å². The molecule has 0 heterocycles. The summed E-state index contributed by atoms with van der Waals surface area (Å²) in [6, 6.07) is 5.32. The Balaban J connectivity index is 3.18. The number of benzene rings is 1. The van der Waals surface area contributed by atoms with Crippen LogP contribution in [0.4, 0.5) is 0 Å². The van der Waals surface area contributed by atoms with Crippen molar-refractivity contribution in [3.63, 3.8) is 0 Å². The fraction of sp³-hybridized carbons (Fsp3) is 0.571. The fourth-order valence-electron chi connectivity index (χ4n) is 1.93. The molecule has 0 radical (unpaired) electrons. The monoisotopic (exact) mass is 284 g/mol. The number of hydrogen-bond donors (Lipinski definition) is 2. The average molecular weight is 284 g/mol. The van der Waals surface area contributed by atoms with Crippen molar-refractivity contribution in [1.82, 2.24) is 10.0 Å². The molecule has 19 heavy (non-hydrogen) atoms. The van der Waals surface area contributed by atoms with Crippen molar-refractivity contribution in [1.29, 1.82) is 0 Å². The minimum Gasteiger partial charge on any atom is -0.316 e. The maximum Gasteiger partial charge on any atom is 0.241 e. The van der Waals surface area contributed by atoms with Crippen LogP contribution in [0.25, 0.3) is 0 Å². The van der Waals surface area contributed by atoms with Crippen molar-refractivity contribution in [3.05, 3.63) is 29.3 Å². The number of hydrogen-bond acceptors (Lipinski definition) is 3. The molecule has 0 aliphatic carbocycles. The van der Waals surface area contributed by atoms with Crippen LogP contribution >= 0.6 is 0 Å². The standard InChI is InChI=1S/C14H24N2O2S/c1-6-11-7-8-13(9-12(11)10-15-5)19(17,18)16-14(2,3)4/h7-9,15-16H,6,10H2,1-5H3. The van der Waals surface area contributed by atoms with Crippen LogP contribution in [0.3, 0.4) is 0 Å². The molecule has 5 heteroatoms. The van der Waals surface area contributed by atoms with Gasteiger partial charge in [-0.3, -0.25) is 0 Å². The molecule has 0 aliphatic heterocycles. The molecule has 2 N–H and O–H groups in total. The highest BCUT2D eigenvalue weighted by Crippen LogP contribution is 2.18. The van der Waals surface area contributed by atoms with E-state index in [1.807, 2.05) is 33.9 Å². The number of sulfonamides is 1. The van der Waals surface area contributed by atoms with E-state index in [0.717, 1.165) is 12.0 Å². The number of aryl methyl sites for hydroxylation is 1. The molecule has 0 aliphatic rings. The first kappa shape index (κ1) is 16.1. The molecule has 1 aromatic rings. The molecule has 0 saturated heterocycles. The van der Waals surface area contributed by atoms with Crippen LogP contribution in [0.2, 0.25) is 0 Å². The first-order chi connectivity index (χ1) is 8.69. The zero-order valence-corrected chi connectivity index (χ0v) is 13.2. The first-order valence-electron chi connectivity index (χ1n) is 6.50. The summed E-state index contributed by atoms with van der Waals surface area (Å²) < 4.78 is 27.2. The number of nitrogens with one attached hydrogen (secondary N) is 2. The Bertz CT molecular complexity index is 531. The Morgan fingerprint density at radius 3 is 2.26 bits per heavy atom. The van der Waals surface area contributed by atoms with Gasteiger partial charge in [0.15, 0.2) is 0 Å². The third kappa shape index (κ3) is 4.60. The average Bonchev–Trinajstić information content (AvgIpc) is 2.26. The molecule has 0 amide bonds. The van der Waals surface area contributed by atoms with Gasteiger partial charge in [0.2, 0.25) is 10.0 Å². The van der Waals surface area contributed by atoms with Gasteiger partial charge in [-0.1, -0.05) is 13.0 Å². The summed E-state index contributed by atoms with van der Waals surface area (Å²) in [6.45, 7) is 8.23. The van der Waals surface area contributed by atoms with Gasteiger partial charge in [0.05, 0.1) is 4.90 Å². The van der Waals surface area contributed by atoms with E-state index in [9.17, 15) is 8.42 Å². The minimum atomic E-state index is -3.46. The van der Waals surface area contributed by atoms with E-state index in [1.165, 1.54) is 5.56 Å². The lowest BCUT2D eigenvalue weighted by Crippen LogP contribution is -2.40. The molecule has 1 aromatic carbocycles. The fourth-order valence-corrected chi connectivity index (χ4v) is 3.40. The molecular formula is C14H24N2O2S. The molecule has 4 nitrogen and oxygen atoms in total. The van der Waals surface area contributed by atoms with Crippen LogP contribution in [0.15, 0.2) is 23.1 Å². The smallest absolute Gasteiger partial charge is 0.241 e. The van der Waals surface area contributed by atoms with Crippen LogP contribution < -0.4 is 10.0 Å². The van der Waals surface area contributed by atoms with E-state index in [1.54, 1.807) is 12.1 Å². The van der Waals surface area contributed by atoms with E-state index in [4.69, 9.17) is 0 Å². The maximum atomic E-state index is 12.3. The molecule has 0 fully saturated rings. The molecule has 0 unspecified atom stereocenters. The summed E-state index contributed by atoms with van der Waals surface area (Å²) in [6.07, 6.45) is 0.893. The summed E-state index contributed by atoms with van der Waals surface area (Å²) in [5, 5.41) is 3.07. The minimum absolute atomic E-state index is 0.324. The summed E-state index contributed by atoms with van der Waals surface area (Å²) in [5.41, 5.74) is 1.72. The van der Waals surface area contributed by atoms with Gasteiger partial charge in [-0.25, -0.2) is 13.1 Å².